The van der Waals surface area contributed by atoms with Gasteiger partial charge in [0.25, 0.3) is 0 Å². The lowest BCUT2D eigenvalue weighted by atomic mass is 10.3. The second-order valence-corrected chi connectivity index (χ2v) is 6.40. The minimum atomic E-state index is 0.777. The molecule has 17 heavy (non-hydrogen) atoms. The summed E-state index contributed by atoms with van der Waals surface area (Å²) in [5, 5.41) is 4.99. The Hall–Kier alpha value is -0.380. The van der Waals surface area contributed by atoms with Crippen molar-refractivity contribution in [2.45, 2.75) is 12.2 Å². The largest absolute Gasteiger partial charge is 0.384 e. The highest BCUT2D eigenvalue weighted by atomic mass is 35.5. The van der Waals surface area contributed by atoms with Crippen molar-refractivity contribution in [2.75, 3.05) is 37.2 Å². The maximum absolute atomic E-state index is 5.85. The third-order valence-corrected chi connectivity index (χ3v) is 4.31. The second-order valence-electron chi connectivity index (χ2n) is 4.42. The molecule has 0 aromatic heterocycles. The molecule has 1 saturated heterocycles. The Bertz CT molecular complexity index is 342. The molecule has 94 valence electrons. The molecule has 0 radical (unpaired) electrons. The molecule has 1 aliphatic heterocycles. The first-order valence-electron chi connectivity index (χ1n) is 6.07. The van der Waals surface area contributed by atoms with E-state index in [0.29, 0.717) is 0 Å². The Morgan fingerprint density at radius 1 is 1.41 bits per heavy atom. The average Bonchev–Trinajstić information content (AvgIpc) is 2.32. The molecule has 0 amide bonds. The van der Waals surface area contributed by atoms with E-state index in [4.69, 9.17) is 11.6 Å². The molecule has 1 fully saturated rings. The maximum Gasteiger partial charge on any atom is 0.0407 e. The van der Waals surface area contributed by atoms with Gasteiger partial charge in [0.05, 0.1) is 0 Å². The zero-order valence-corrected chi connectivity index (χ0v) is 11.7. The van der Waals surface area contributed by atoms with Crippen molar-refractivity contribution < 1.29 is 0 Å². The highest BCUT2D eigenvalue weighted by Crippen LogP contribution is 2.17. The van der Waals surface area contributed by atoms with Crippen molar-refractivity contribution in [1.82, 2.24) is 4.90 Å². The van der Waals surface area contributed by atoms with E-state index < -0.39 is 0 Å². The van der Waals surface area contributed by atoms with Gasteiger partial charge in [-0.05, 0) is 24.3 Å². The van der Waals surface area contributed by atoms with E-state index in [1.807, 2.05) is 24.3 Å². The van der Waals surface area contributed by atoms with Gasteiger partial charge in [0.15, 0.2) is 0 Å². The normalized spacial score (nSPS) is 21.4. The summed E-state index contributed by atoms with van der Waals surface area (Å²) in [6, 6.07) is 7.89. The van der Waals surface area contributed by atoms with Crippen LogP contribution in [-0.2, 0) is 0 Å². The molecule has 1 unspecified atom stereocenters. The number of thioether (sulfide) groups is 1. The van der Waals surface area contributed by atoms with Crippen molar-refractivity contribution in [3.05, 3.63) is 29.3 Å². The van der Waals surface area contributed by atoms with Crippen LogP contribution in [0.5, 0.6) is 0 Å². The lowest BCUT2D eigenvalue weighted by Gasteiger charge is -2.30. The van der Waals surface area contributed by atoms with Crippen LogP contribution in [0.3, 0.4) is 0 Å². The van der Waals surface area contributed by atoms with Crippen LogP contribution in [0.1, 0.15) is 6.92 Å². The second kappa shape index (κ2) is 6.53. The van der Waals surface area contributed by atoms with Crippen molar-refractivity contribution in [2.24, 2.45) is 0 Å². The van der Waals surface area contributed by atoms with E-state index in [0.717, 1.165) is 29.0 Å². The van der Waals surface area contributed by atoms with Crippen LogP contribution < -0.4 is 5.32 Å². The van der Waals surface area contributed by atoms with Crippen molar-refractivity contribution in [3.8, 4) is 0 Å². The molecule has 1 heterocycles. The zero-order valence-electron chi connectivity index (χ0n) is 10.2. The SMILES string of the molecule is CC1CN(CCNc2ccc(Cl)cc2)CCS1. The highest BCUT2D eigenvalue weighted by molar-refractivity contribution is 7.99. The Kier molecular flexibility index (Phi) is 5.01. The van der Waals surface area contributed by atoms with Crippen LogP contribution in [0.15, 0.2) is 24.3 Å². The van der Waals surface area contributed by atoms with E-state index >= 15 is 0 Å². The van der Waals surface area contributed by atoms with Gasteiger partial charge in [-0.1, -0.05) is 18.5 Å². The lowest BCUT2D eigenvalue weighted by Crippen LogP contribution is -2.39. The number of benzene rings is 1. The Balaban J connectivity index is 1.70. The molecular weight excluding hydrogens is 252 g/mol. The topological polar surface area (TPSA) is 15.3 Å². The summed E-state index contributed by atoms with van der Waals surface area (Å²) in [6.07, 6.45) is 0. The first-order valence-corrected chi connectivity index (χ1v) is 7.50. The molecule has 1 aliphatic rings. The number of nitrogens with one attached hydrogen (secondary N) is 1. The third kappa shape index (κ3) is 4.41. The molecule has 1 aromatic carbocycles. The van der Waals surface area contributed by atoms with Gasteiger partial charge in [-0.15, -0.1) is 0 Å². The first-order chi connectivity index (χ1) is 8.24. The minimum absolute atomic E-state index is 0.777. The number of rotatable bonds is 4. The molecule has 4 heteroatoms. The molecular formula is C13H19ClN2S. The molecule has 1 atom stereocenters. The smallest absolute Gasteiger partial charge is 0.0407 e. The van der Waals surface area contributed by atoms with Crippen LogP contribution >= 0.6 is 23.4 Å². The van der Waals surface area contributed by atoms with Crippen LogP contribution in [0, 0.1) is 0 Å². The summed E-state index contributed by atoms with van der Waals surface area (Å²) < 4.78 is 0. The average molecular weight is 271 g/mol. The molecule has 0 aliphatic carbocycles. The van der Waals surface area contributed by atoms with Gasteiger partial charge < -0.3 is 5.32 Å². The molecule has 0 spiro atoms. The minimum Gasteiger partial charge on any atom is -0.384 e. The molecule has 2 nitrogen and oxygen atoms in total. The Labute approximate surface area is 113 Å². The fourth-order valence-electron chi connectivity index (χ4n) is 2.02. The first kappa shape index (κ1) is 13.1. The molecule has 1 aromatic rings. The van der Waals surface area contributed by atoms with Gasteiger partial charge in [0.1, 0.15) is 0 Å². The predicted octanol–water partition coefficient (Wildman–Crippen LogP) is 3.19. The summed E-state index contributed by atoms with van der Waals surface area (Å²) in [5.41, 5.74) is 1.15. The number of hydrogen-bond donors (Lipinski definition) is 1. The summed E-state index contributed by atoms with van der Waals surface area (Å²) in [7, 11) is 0. The van der Waals surface area contributed by atoms with E-state index in [1.54, 1.807) is 0 Å². The number of hydrogen-bond acceptors (Lipinski definition) is 3. The van der Waals surface area contributed by atoms with Crippen LogP contribution in [0.4, 0.5) is 5.69 Å². The fourth-order valence-corrected chi connectivity index (χ4v) is 3.23. The molecule has 1 N–H and O–H groups in total. The standard InChI is InChI=1S/C13H19ClN2S/c1-11-10-16(8-9-17-11)7-6-15-13-4-2-12(14)3-5-13/h2-5,11,15H,6-10H2,1H3. The van der Waals surface area contributed by atoms with Crippen LogP contribution in [-0.4, -0.2) is 42.1 Å². The lowest BCUT2D eigenvalue weighted by molar-refractivity contribution is 0.297. The van der Waals surface area contributed by atoms with Crippen LogP contribution in [0.25, 0.3) is 0 Å². The van der Waals surface area contributed by atoms with Gasteiger partial charge in [-0.3, -0.25) is 4.90 Å². The van der Waals surface area contributed by atoms with Gasteiger partial charge in [0.2, 0.25) is 0 Å². The number of halogens is 1. The van der Waals surface area contributed by atoms with E-state index in [1.165, 1.54) is 18.8 Å². The van der Waals surface area contributed by atoms with E-state index in [2.05, 4.69) is 28.9 Å². The molecule has 0 saturated carbocycles. The highest BCUT2D eigenvalue weighted by Gasteiger charge is 2.15. The van der Waals surface area contributed by atoms with Crippen molar-refractivity contribution in [3.63, 3.8) is 0 Å². The summed E-state index contributed by atoms with van der Waals surface area (Å²) in [4.78, 5) is 2.53. The summed E-state index contributed by atoms with van der Waals surface area (Å²) in [5.74, 6) is 1.27. The van der Waals surface area contributed by atoms with Gasteiger partial charge >= 0.3 is 0 Å². The third-order valence-electron chi connectivity index (χ3n) is 2.93. The summed E-state index contributed by atoms with van der Waals surface area (Å²) >= 11 is 7.92. The molecule has 2 rings (SSSR count). The predicted molar refractivity (Wildman–Crippen MR) is 78.3 cm³/mol. The Morgan fingerprint density at radius 2 is 2.18 bits per heavy atom. The van der Waals surface area contributed by atoms with Gasteiger partial charge in [-0.25, -0.2) is 0 Å². The molecule has 0 bridgehead atoms. The van der Waals surface area contributed by atoms with Gasteiger partial charge in [0, 0.05) is 47.9 Å². The quantitative estimate of drug-likeness (QED) is 0.905. The monoisotopic (exact) mass is 270 g/mol. The number of nitrogens with zero attached hydrogens (tertiary/aromatic N) is 1. The fraction of sp³-hybridized carbons (Fsp3) is 0.538. The zero-order chi connectivity index (χ0) is 12.1. The Morgan fingerprint density at radius 3 is 2.88 bits per heavy atom. The summed E-state index contributed by atoms with van der Waals surface area (Å²) in [6.45, 7) is 6.86. The van der Waals surface area contributed by atoms with E-state index in [-0.39, 0.29) is 0 Å². The maximum atomic E-state index is 5.85. The van der Waals surface area contributed by atoms with Crippen LogP contribution in [0.2, 0.25) is 5.02 Å². The number of anilines is 1. The van der Waals surface area contributed by atoms with Gasteiger partial charge in [-0.2, -0.15) is 11.8 Å². The van der Waals surface area contributed by atoms with Crippen molar-refractivity contribution in [1.29, 1.82) is 0 Å². The van der Waals surface area contributed by atoms with E-state index in [9.17, 15) is 0 Å². The van der Waals surface area contributed by atoms with Crippen molar-refractivity contribution >= 4 is 29.1 Å².